The van der Waals surface area contributed by atoms with Crippen molar-refractivity contribution in [1.82, 2.24) is 10.6 Å². The number of rotatable bonds is 6. The Balaban J connectivity index is 3.97. The Morgan fingerprint density at radius 3 is 2.06 bits per heavy atom. The topological polar surface area (TPSA) is 41.1 Å². The fourth-order valence-electron chi connectivity index (χ4n) is 1.49. The van der Waals surface area contributed by atoms with Crippen LogP contribution in [0.2, 0.25) is 0 Å². The SMILES string of the molecule is CCC(CC)CNC(C)C(=O)NC(C)(C)C. The summed E-state index contributed by atoms with van der Waals surface area (Å²) in [5.74, 6) is 0.753. The summed E-state index contributed by atoms with van der Waals surface area (Å²) in [5, 5.41) is 6.27. The van der Waals surface area contributed by atoms with Gasteiger partial charge in [0, 0.05) is 5.54 Å². The Hall–Kier alpha value is -0.570. The van der Waals surface area contributed by atoms with Crippen LogP contribution in [0.4, 0.5) is 0 Å². The van der Waals surface area contributed by atoms with E-state index in [2.05, 4.69) is 24.5 Å². The minimum absolute atomic E-state index is 0.0819. The van der Waals surface area contributed by atoms with E-state index < -0.39 is 0 Å². The lowest BCUT2D eigenvalue weighted by Gasteiger charge is -2.24. The molecule has 0 aromatic carbocycles. The van der Waals surface area contributed by atoms with Crippen LogP contribution in [0.1, 0.15) is 54.4 Å². The number of hydrogen-bond acceptors (Lipinski definition) is 2. The molecule has 0 fully saturated rings. The highest BCUT2D eigenvalue weighted by molar-refractivity contribution is 5.81. The van der Waals surface area contributed by atoms with Gasteiger partial charge in [-0.25, -0.2) is 0 Å². The van der Waals surface area contributed by atoms with Crippen LogP contribution in [0.3, 0.4) is 0 Å². The van der Waals surface area contributed by atoms with Crippen molar-refractivity contribution in [3.05, 3.63) is 0 Å². The lowest BCUT2D eigenvalue weighted by Crippen LogP contribution is -2.50. The molecule has 0 bridgehead atoms. The van der Waals surface area contributed by atoms with Crippen LogP contribution in [0.25, 0.3) is 0 Å². The summed E-state index contributed by atoms with van der Waals surface area (Å²) in [4.78, 5) is 11.8. The Labute approximate surface area is 100 Å². The first kappa shape index (κ1) is 15.4. The zero-order valence-corrected chi connectivity index (χ0v) is 11.7. The summed E-state index contributed by atoms with van der Waals surface area (Å²) in [6.07, 6.45) is 2.33. The van der Waals surface area contributed by atoms with Gasteiger partial charge in [0.1, 0.15) is 0 Å². The summed E-state index contributed by atoms with van der Waals surface area (Å²) in [7, 11) is 0. The van der Waals surface area contributed by atoms with Gasteiger partial charge in [-0.1, -0.05) is 26.7 Å². The molecule has 0 radical (unpaired) electrons. The molecule has 3 nitrogen and oxygen atoms in total. The molecule has 96 valence electrons. The van der Waals surface area contributed by atoms with Gasteiger partial charge < -0.3 is 10.6 Å². The van der Waals surface area contributed by atoms with Gasteiger partial charge in [0.25, 0.3) is 0 Å². The minimum atomic E-state index is -0.151. The Kier molecular flexibility index (Phi) is 6.65. The number of hydrogen-bond donors (Lipinski definition) is 2. The second-order valence-corrected chi connectivity index (χ2v) is 5.55. The highest BCUT2D eigenvalue weighted by atomic mass is 16.2. The molecule has 0 aromatic rings. The third kappa shape index (κ3) is 6.83. The van der Waals surface area contributed by atoms with Crippen LogP contribution in [0.5, 0.6) is 0 Å². The number of amides is 1. The second-order valence-electron chi connectivity index (χ2n) is 5.55. The molecular weight excluding hydrogens is 200 g/mol. The first-order chi connectivity index (χ1) is 7.30. The predicted molar refractivity (Wildman–Crippen MR) is 69.4 cm³/mol. The van der Waals surface area contributed by atoms with Crippen molar-refractivity contribution in [2.75, 3.05) is 6.54 Å². The number of nitrogens with one attached hydrogen (secondary N) is 2. The smallest absolute Gasteiger partial charge is 0.237 e. The Morgan fingerprint density at radius 2 is 1.69 bits per heavy atom. The fraction of sp³-hybridized carbons (Fsp3) is 0.923. The summed E-state index contributed by atoms with van der Waals surface area (Å²) in [6.45, 7) is 13.2. The van der Waals surface area contributed by atoms with Gasteiger partial charge in [0.05, 0.1) is 6.04 Å². The van der Waals surface area contributed by atoms with Gasteiger partial charge >= 0.3 is 0 Å². The highest BCUT2D eigenvalue weighted by Gasteiger charge is 2.19. The van der Waals surface area contributed by atoms with Crippen molar-refractivity contribution >= 4 is 5.91 Å². The normalized spacial score (nSPS) is 13.9. The van der Waals surface area contributed by atoms with Crippen LogP contribution in [-0.2, 0) is 4.79 Å². The van der Waals surface area contributed by atoms with E-state index in [1.807, 2.05) is 27.7 Å². The standard InChI is InChI=1S/C13H28N2O/c1-7-11(8-2)9-14-10(3)12(16)15-13(4,5)6/h10-11,14H,7-9H2,1-6H3,(H,15,16). The molecule has 0 saturated heterocycles. The van der Waals surface area contributed by atoms with E-state index in [9.17, 15) is 4.79 Å². The largest absolute Gasteiger partial charge is 0.350 e. The Morgan fingerprint density at radius 1 is 1.19 bits per heavy atom. The molecule has 0 aliphatic rings. The maximum atomic E-state index is 11.8. The molecule has 3 heteroatoms. The average molecular weight is 228 g/mol. The van der Waals surface area contributed by atoms with Gasteiger partial charge in [0.15, 0.2) is 0 Å². The molecule has 0 heterocycles. The molecule has 0 spiro atoms. The van der Waals surface area contributed by atoms with Crippen molar-refractivity contribution in [3.63, 3.8) is 0 Å². The zero-order valence-electron chi connectivity index (χ0n) is 11.7. The van der Waals surface area contributed by atoms with Crippen molar-refractivity contribution < 1.29 is 4.79 Å². The van der Waals surface area contributed by atoms with E-state index in [0.29, 0.717) is 5.92 Å². The number of carbonyl (C=O) groups excluding carboxylic acids is 1. The van der Waals surface area contributed by atoms with Crippen LogP contribution < -0.4 is 10.6 Å². The first-order valence-electron chi connectivity index (χ1n) is 6.35. The monoisotopic (exact) mass is 228 g/mol. The van der Waals surface area contributed by atoms with E-state index in [0.717, 1.165) is 19.4 Å². The lowest BCUT2D eigenvalue weighted by atomic mass is 10.0. The van der Waals surface area contributed by atoms with Gasteiger partial charge in [-0.15, -0.1) is 0 Å². The van der Waals surface area contributed by atoms with E-state index in [1.54, 1.807) is 0 Å². The first-order valence-corrected chi connectivity index (χ1v) is 6.35. The van der Waals surface area contributed by atoms with E-state index in [4.69, 9.17) is 0 Å². The van der Waals surface area contributed by atoms with Crippen molar-refractivity contribution in [3.8, 4) is 0 Å². The van der Waals surface area contributed by atoms with Crippen LogP contribution in [0.15, 0.2) is 0 Å². The summed E-state index contributed by atoms with van der Waals surface area (Å²) >= 11 is 0. The zero-order chi connectivity index (χ0) is 12.8. The molecule has 16 heavy (non-hydrogen) atoms. The molecule has 0 aromatic heterocycles. The van der Waals surface area contributed by atoms with E-state index >= 15 is 0 Å². The third-order valence-corrected chi connectivity index (χ3v) is 2.76. The Bertz CT molecular complexity index is 204. The second kappa shape index (κ2) is 6.89. The molecule has 1 atom stereocenters. The third-order valence-electron chi connectivity index (χ3n) is 2.76. The predicted octanol–water partition coefficient (Wildman–Crippen LogP) is 2.32. The van der Waals surface area contributed by atoms with Gasteiger partial charge in [-0.2, -0.15) is 0 Å². The average Bonchev–Trinajstić information content (AvgIpc) is 2.16. The molecule has 0 aliphatic heterocycles. The summed E-state index contributed by atoms with van der Waals surface area (Å²) in [6, 6.07) is -0.111. The van der Waals surface area contributed by atoms with Crippen molar-refractivity contribution in [2.24, 2.45) is 5.92 Å². The quantitative estimate of drug-likeness (QED) is 0.732. The molecule has 0 aliphatic carbocycles. The maximum Gasteiger partial charge on any atom is 0.237 e. The van der Waals surface area contributed by atoms with E-state index in [-0.39, 0.29) is 17.5 Å². The number of carbonyl (C=O) groups is 1. The molecule has 0 saturated carbocycles. The van der Waals surface area contributed by atoms with E-state index in [1.165, 1.54) is 0 Å². The van der Waals surface area contributed by atoms with Gasteiger partial charge in [-0.3, -0.25) is 4.79 Å². The maximum absolute atomic E-state index is 11.8. The van der Waals surface area contributed by atoms with Gasteiger partial charge in [-0.05, 0) is 40.2 Å². The van der Waals surface area contributed by atoms with Crippen molar-refractivity contribution in [2.45, 2.75) is 66.0 Å². The van der Waals surface area contributed by atoms with Crippen LogP contribution in [0, 0.1) is 5.92 Å². The summed E-state index contributed by atoms with van der Waals surface area (Å²) < 4.78 is 0. The molecule has 2 N–H and O–H groups in total. The van der Waals surface area contributed by atoms with Crippen molar-refractivity contribution in [1.29, 1.82) is 0 Å². The lowest BCUT2D eigenvalue weighted by molar-refractivity contribution is -0.124. The summed E-state index contributed by atoms with van der Waals surface area (Å²) in [5.41, 5.74) is -0.151. The fourth-order valence-corrected chi connectivity index (χ4v) is 1.49. The minimum Gasteiger partial charge on any atom is -0.350 e. The molecule has 1 amide bonds. The molecular formula is C13H28N2O. The highest BCUT2D eigenvalue weighted by Crippen LogP contribution is 2.06. The van der Waals surface area contributed by atoms with Gasteiger partial charge in [0.2, 0.25) is 5.91 Å². The molecule has 0 rings (SSSR count). The van der Waals surface area contributed by atoms with Crippen LogP contribution in [-0.4, -0.2) is 24.0 Å². The molecule has 1 unspecified atom stereocenters. The van der Waals surface area contributed by atoms with Crippen LogP contribution >= 0.6 is 0 Å².